The first-order chi connectivity index (χ1) is 43.8. The van der Waals surface area contributed by atoms with E-state index in [1.165, 1.54) is 82.2 Å². The molecule has 7 aromatic carbocycles. The lowest BCUT2D eigenvalue weighted by Crippen LogP contribution is -2.18. The number of halogens is 3. The number of hydrogen-bond acceptors (Lipinski definition) is 5. The molecule has 10 N–H and O–H groups in total. The number of benzene rings is 7. The minimum atomic E-state index is 0.439. The van der Waals surface area contributed by atoms with Crippen LogP contribution >= 0.6 is 34.8 Å². The van der Waals surface area contributed by atoms with Gasteiger partial charge in [-0.1, -0.05) is 291 Å². The van der Waals surface area contributed by atoms with Crippen molar-refractivity contribution >= 4 is 34.8 Å². The highest BCUT2D eigenvalue weighted by atomic mass is 35.5. The highest BCUT2D eigenvalue weighted by Crippen LogP contribution is 2.30. The zero-order valence-electron chi connectivity index (χ0n) is 59.7. The first kappa shape index (κ1) is 83.3. The van der Waals surface area contributed by atoms with E-state index in [-0.39, 0.29) is 0 Å². The summed E-state index contributed by atoms with van der Waals surface area (Å²) in [6, 6.07) is 63.1. The zero-order chi connectivity index (χ0) is 68.5. The Kier molecular flexibility index (Phi) is 43.4. The first-order valence-electron chi connectivity index (χ1n) is 34.9. The molecule has 0 aliphatic heterocycles. The summed E-state index contributed by atoms with van der Waals surface area (Å²) < 4.78 is 0. The van der Waals surface area contributed by atoms with Crippen molar-refractivity contribution in [3.8, 4) is 11.1 Å². The zero-order valence-corrected chi connectivity index (χ0v) is 62.0. The van der Waals surface area contributed by atoms with E-state index in [9.17, 15) is 0 Å². The summed E-state index contributed by atoms with van der Waals surface area (Å²) >= 11 is 17.7. The molecule has 0 aliphatic carbocycles. The van der Waals surface area contributed by atoms with Crippen LogP contribution < -0.4 is 28.7 Å². The Morgan fingerprint density at radius 1 is 0.283 bits per heavy atom. The molecule has 0 aliphatic rings. The average molecular weight is 1310 g/mol. The minimum Gasteiger partial charge on any atom is -0.330 e. The molecule has 0 heterocycles. The van der Waals surface area contributed by atoms with Crippen molar-refractivity contribution in [2.24, 2.45) is 76.0 Å². The van der Waals surface area contributed by atoms with Crippen molar-refractivity contribution in [1.82, 2.24) is 0 Å². The van der Waals surface area contributed by atoms with Gasteiger partial charge in [0, 0.05) is 15.1 Å². The fourth-order valence-corrected chi connectivity index (χ4v) is 12.5. The van der Waals surface area contributed by atoms with Crippen LogP contribution in [0.15, 0.2) is 182 Å². The second-order valence-corrected chi connectivity index (χ2v) is 29.6. The van der Waals surface area contributed by atoms with Gasteiger partial charge < -0.3 is 28.7 Å². The predicted octanol–water partition coefficient (Wildman–Crippen LogP) is 23.0. The van der Waals surface area contributed by atoms with Gasteiger partial charge >= 0.3 is 0 Å². The lowest BCUT2D eigenvalue weighted by atomic mass is 9.88. The van der Waals surface area contributed by atoms with Crippen molar-refractivity contribution in [1.29, 1.82) is 0 Å². The normalized spacial score (nSPS) is 13.1. The first-order valence-corrected chi connectivity index (χ1v) is 36.0. The molecule has 0 bridgehead atoms. The quantitative estimate of drug-likeness (QED) is 0.0334. The van der Waals surface area contributed by atoms with E-state index in [0.29, 0.717) is 78.2 Å². The fraction of sp³-hybridized carbons (Fsp3) is 0.500. The van der Waals surface area contributed by atoms with Crippen LogP contribution in [0.2, 0.25) is 15.1 Å². The van der Waals surface area contributed by atoms with E-state index >= 15 is 0 Å². The van der Waals surface area contributed by atoms with E-state index < -0.39 is 0 Å². The summed E-state index contributed by atoms with van der Waals surface area (Å²) in [6.07, 6.45) is 10.7. The van der Waals surface area contributed by atoms with Crippen molar-refractivity contribution in [2.45, 2.75) is 191 Å². The molecular weight excluding hydrogens is 1190 g/mol. The standard InChI is InChI=1S/C18H23N.C15H25N.C14H22.C13H20ClN.2C12H18ClN/c1-14(2)11-18(13-19)17-10-6-9-16(12-17)15-7-4-3-5-8-15;1-11(2)8-15(10-16)14-7-5-6-13(9-14)12(3)4;1-4-13(10-12(2)3)11-14-8-6-5-7-9-14;1-10(2)6-12(9-15)7-11-4-3-5-13(14)8-11;1-9(2)7-11(8-14)10-3-5-12(13)6-4-10;1-9(2)6-11(8-14)10-4-3-5-12(13)7-10/h3-10,12,14,18H,11,13,19H2,1-2H3;5-7,9,11-12,15H,8,10,16H2,1-4H3;5-9,12-13H,4,10-11H2,1-3H3;3-5,8,10,12H,6-7,9,15H2,1-2H3;3-6,9,11H,7-8,14H2,1-2H3;3-5,7,9,11H,6,8,14H2,1-2H3/t18-;15-;13-;12-;2*11-/m110011/s1. The van der Waals surface area contributed by atoms with Gasteiger partial charge in [-0.05, 0) is 247 Å². The third kappa shape index (κ3) is 36.2. The summed E-state index contributed by atoms with van der Waals surface area (Å²) in [5, 5.41) is 2.39. The molecule has 5 nitrogen and oxygen atoms in total. The Morgan fingerprint density at radius 2 is 0.641 bits per heavy atom. The Bertz CT molecular complexity index is 2920. The number of hydrogen-bond donors (Lipinski definition) is 5. The lowest BCUT2D eigenvalue weighted by Gasteiger charge is -2.19. The average Bonchev–Trinajstić information content (AvgIpc) is 1.50. The van der Waals surface area contributed by atoms with Crippen LogP contribution in [0.25, 0.3) is 11.1 Å². The van der Waals surface area contributed by atoms with Gasteiger partial charge in [-0.2, -0.15) is 0 Å². The third-order valence-corrected chi connectivity index (χ3v) is 17.4. The summed E-state index contributed by atoms with van der Waals surface area (Å²) in [6.45, 7) is 37.4. The molecule has 0 aromatic heterocycles. The Balaban J connectivity index is 0.000000378. The minimum absolute atomic E-state index is 0.439. The molecule has 508 valence electrons. The molecule has 0 amide bonds. The van der Waals surface area contributed by atoms with Crippen LogP contribution in [-0.2, 0) is 12.8 Å². The second kappa shape index (κ2) is 48.0. The van der Waals surface area contributed by atoms with Gasteiger partial charge in [0.2, 0.25) is 0 Å². The molecule has 0 fully saturated rings. The van der Waals surface area contributed by atoms with Crippen molar-refractivity contribution in [3.63, 3.8) is 0 Å². The van der Waals surface area contributed by atoms with Gasteiger partial charge in [0.15, 0.2) is 0 Å². The predicted molar refractivity (Wildman–Crippen MR) is 411 cm³/mol. The SMILES string of the molecule is CC(C)C[C@H](CN)Cc1cccc(Cl)c1.CC(C)C[C@H](CN)c1ccc(Cl)cc1.CC(C)C[C@H](CN)c1cccc(-c2ccccc2)c1.CC(C)C[C@H](CN)c1cccc(C(C)C)c1.CC(C)C[C@H](CN)c1cccc(Cl)c1.CC[C@H](Cc1ccccc1)CC(C)C. The number of rotatable bonds is 28. The van der Waals surface area contributed by atoms with Crippen LogP contribution in [0.5, 0.6) is 0 Å². The highest BCUT2D eigenvalue weighted by molar-refractivity contribution is 6.31. The van der Waals surface area contributed by atoms with Crippen LogP contribution in [-0.4, -0.2) is 32.7 Å². The van der Waals surface area contributed by atoms with Gasteiger partial charge in [0.05, 0.1) is 0 Å². The van der Waals surface area contributed by atoms with E-state index in [2.05, 4.69) is 237 Å². The highest BCUT2D eigenvalue weighted by Gasteiger charge is 2.17. The smallest absolute Gasteiger partial charge is 0.0408 e. The molecule has 8 heteroatoms. The Labute approximate surface area is 578 Å². The molecule has 0 saturated carbocycles. The summed E-state index contributed by atoms with van der Waals surface area (Å²) in [5.74, 6) is 8.16. The van der Waals surface area contributed by atoms with Crippen LogP contribution in [0, 0.1) is 47.3 Å². The fourth-order valence-electron chi connectivity index (χ4n) is 12.0. The van der Waals surface area contributed by atoms with Gasteiger partial charge in [-0.3, -0.25) is 0 Å². The topological polar surface area (TPSA) is 130 Å². The molecule has 0 saturated heterocycles. The maximum absolute atomic E-state index is 5.95. The van der Waals surface area contributed by atoms with E-state index in [1.54, 1.807) is 0 Å². The van der Waals surface area contributed by atoms with Crippen molar-refractivity contribution in [2.75, 3.05) is 32.7 Å². The molecule has 92 heavy (non-hydrogen) atoms. The van der Waals surface area contributed by atoms with E-state index in [0.717, 1.165) is 72.2 Å². The van der Waals surface area contributed by atoms with Gasteiger partial charge in [-0.15, -0.1) is 0 Å². The second-order valence-electron chi connectivity index (χ2n) is 28.3. The third-order valence-electron chi connectivity index (χ3n) is 16.6. The Morgan fingerprint density at radius 3 is 1.07 bits per heavy atom. The van der Waals surface area contributed by atoms with Crippen LogP contribution in [0.1, 0.15) is 217 Å². The van der Waals surface area contributed by atoms with Crippen molar-refractivity contribution < 1.29 is 0 Å². The summed E-state index contributed by atoms with van der Waals surface area (Å²) in [5.41, 5.74) is 41.2. The molecule has 0 spiro atoms. The maximum Gasteiger partial charge on any atom is 0.0408 e. The monoisotopic (exact) mass is 1310 g/mol. The Hall–Kier alpha value is -4.79. The van der Waals surface area contributed by atoms with E-state index in [1.807, 2.05) is 48.5 Å². The maximum atomic E-state index is 5.95. The lowest BCUT2D eigenvalue weighted by molar-refractivity contribution is 0.396. The van der Waals surface area contributed by atoms with Crippen LogP contribution in [0.4, 0.5) is 0 Å². The summed E-state index contributed by atoms with van der Waals surface area (Å²) in [4.78, 5) is 0. The summed E-state index contributed by atoms with van der Waals surface area (Å²) in [7, 11) is 0. The van der Waals surface area contributed by atoms with Gasteiger partial charge in [0.25, 0.3) is 0 Å². The van der Waals surface area contributed by atoms with Crippen molar-refractivity contribution in [3.05, 3.63) is 236 Å². The van der Waals surface area contributed by atoms with E-state index in [4.69, 9.17) is 63.5 Å². The van der Waals surface area contributed by atoms with Crippen LogP contribution in [0.3, 0.4) is 0 Å². The molecular formula is C84H126Cl3N5. The number of nitrogens with two attached hydrogens (primary N) is 5. The van der Waals surface area contributed by atoms with Gasteiger partial charge in [0.1, 0.15) is 0 Å². The van der Waals surface area contributed by atoms with Gasteiger partial charge in [-0.25, -0.2) is 0 Å². The molecule has 7 aromatic rings. The molecule has 0 unspecified atom stereocenters. The molecule has 0 radical (unpaired) electrons. The molecule has 7 rings (SSSR count). The molecule has 6 atom stereocenters. The largest absolute Gasteiger partial charge is 0.330 e.